The Labute approximate surface area is 93.5 Å². The third-order valence-corrected chi connectivity index (χ3v) is 2.35. The molecule has 0 aliphatic rings. The van der Waals surface area contributed by atoms with Crippen LogP contribution in [0.1, 0.15) is 38.2 Å². The van der Waals surface area contributed by atoms with Crippen LogP contribution in [-0.4, -0.2) is 6.61 Å². The molecule has 0 fully saturated rings. The van der Waals surface area contributed by atoms with Gasteiger partial charge in [-0.25, -0.2) is 0 Å². The van der Waals surface area contributed by atoms with Crippen LogP contribution < -0.4 is 0 Å². The fourth-order valence-corrected chi connectivity index (χ4v) is 1.46. The number of benzene rings is 1. The molecule has 15 heavy (non-hydrogen) atoms. The van der Waals surface area contributed by atoms with E-state index in [2.05, 4.69) is 37.6 Å². The Kier molecular flexibility index (Phi) is 6.93. The minimum absolute atomic E-state index is 0.748. The van der Waals surface area contributed by atoms with Crippen molar-refractivity contribution in [1.29, 1.82) is 0 Å². The van der Waals surface area contributed by atoms with Gasteiger partial charge in [0.1, 0.15) is 0 Å². The maximum absolute atomic E-state index is 5.59. The van der Waals surface area contributed by atoms with Gasteiger partial charge in [0.15, 0.2) is 0 Å². The van der Waals surface area contributed by atoms with Crippen molar-refractivity contribution in [3.05, 3.63) is 42.3 Å². The van der Waals surface area contributed by atoms with Crippen LogP contribution in [0.3, 0.4) is 0 Å². The summed E-state index contributed by atoms with van der Waals surface area (Å²) in [5, 5.41) is 0. The van der Waals surface area contributed by atoms with Crippen molar-refractivity contribution in [3.8, 4) is 0 Å². The van der Waals surface area contributed by atoms with E-state index < -0.39 is 0 Å². The third kappa shape index (κ3) is 6.29. The van der Waals surface area contributed by atoms with Crippen molar-refractivity contribution in [2.45, 2.75) is 39.2 Å². The van der Waals surface area contributed by atoms with Gasteiger partial charge in [0.25, 0.3) is 0 Å². The molecule has 0 aliphatic carbocycles. The van der Waals surface area contributed by atoms with Crippen molar-refractivity contribution < 1.29 is 4.74 Å². The van der Waals surface area contributed by atoms with Gasteiger partial charge in [-0.2, -0.15) is 0 Å². The van der Waals surface area contributed by atoms with E-state index in [0.717, 1.165) is 13.2 Å². The number of unbranched alkanes of at least 4 members (excludes halogenated alkanes) is 4. The quantitative estimate of drug-likeness (QED) is 0.583. The zero-order chi connectivity index (χ0) is 10.8. The normalized spacial score (nSPS) is 10.5. The van der Waals surface area contributed by atoms with Crippen LogP contribution in [-0.2, 0) is 11.3 Å². The van der Waals surface area contributed by atoms with E-state index in [-0.39, 0.29) is 0 Å². The molecular weight excluding hydrogens is 184 g/mol. The molecule has 0 N–H and O–H groups in total. The first-order valence-corrected chi connectivity index (χ1v) is 5.87. The minimum atomic E-state index is 0.748. The Morgan fingerprint density at radius 3 is 2.67 bits per heavy atom. The average molecular weight is 205 g/mol. The van der Waals surface area contributed by atoms with Gasteiger partial charge in [-0.1, -0.05) is 56.5 Å². The van der Waals surface area contributed by atoms with Gasteiger partial charge in [0.2, 0.25) is 0 Å². The van der Waals surface area contributed by atoms with Crippen LogP contribution in [0, 0.1) is 6.42 Å². The summed E-state index contributed by atoms with van der Waals surface area (Å²) < 4.78 is 5.59. The molecule has 1 rings (SSSR count). The van der Waals surface area contributed by atoms with Crippen molar-refractivity contribution in [2.75, 3.05) is 6.61 Å². The van der Waals surface area contributed by atoms with Gasteiger partial charge >= 0.3 is 0 Å². The van der Waals surface area contributed by atoms with Crippen LogP contribution in [0.15, 0.2) is 30.3 Å². The Morgan fingerprint density at radius 1 is 1.13 bits per heavy atom. The Hall–Kier alpha value is -0.820. The predicted molar refractivity (Wildman–Crippen MR) is 64.5 cm³/mol. The first kappa shape index (κ1) is 12.3. The van der Waals surface area contributed by atoms with Crippen LogP contribution in [0.4, 0.5) is 0 Å². The second kappa shape index (κ2) is 8.49. The summed E-state index contributed by atoms with van der Waals surface area (Å²) in [5.41, 5.74) is 1.26. The van der Waals surface area contributed by atoms with Crippen LogP contribution in [0.25, 0.3) is 0 Å². The van der Waals surface area contributed by atoms with Crippen LogP contribution in [0.5, 0.6) is 0 Å². The summed E-state index contributed by atoms with van der Waals surface area (Å²) in [5.74, 6) is 0. The highest BCUT2D eigenvalue weighted by Gasteiger charge is 1.92. The van der Waals surface area contributed by atoms with E-state index in [1.54, 1.807) is 0 Å². The first-order valence-electron chi connectivity index (χ1n) is 5.87. The summed E-state index contributed by atoms with van der Waals surface area (Å²) >= 11 is 0. The molecule has 0 atom stereocenters. The van der Waals surface area contributed by atoms with Gasteiger partial charge in [-0.15, -0.1) is 0 Å². The number of rotatable bonds is 8. The average Bonchev–Trinajstić information content (AvgIpc) is 2.29. The summed E-state index contributed by atoms with van der Waals surface area (Å²) in [6.07, 6.45) is 7.17. The van der Waals surface area contributed by atoms with Gasteiger partial charge in [-0.3, -0.25) is 0 Å². The molecule has 0 aliphatic heterocycles. The van der Waals surface area contributed by atoms with Crippen molar-refractivity contribution in [2.24, 2.45) is 0 Å². The number of hydrogen-bond acceptors (Lipinski definition) is 1. The lowest BCUT2D eigenvalue weighted by atomic mass is 10.2. The molecule has 1 aromatic carbocycles. The lowest BCUT2D eigenvalue weighted by Gasteiger charge is -2.03. The standard InChI is InChI=1S/C14H21O/c1-2-3-4-5-9-12-15-13-14-10-7-6-8-11-14/h3,6-8,10-11H,2,4-5,9,12-13H2,1H3. The Balaban J connectivity index is 1.93. The molecule has 0 unspecified atom stereocenters. The van der Waals surface area contributed by atoms with Gasteiger partial charge in [-0.05, 0) is 18.4 Å². The molecule has 1 radical (unpaired) electrons. The zero-order valence-electron chi connectivity index (χ0n) is 9.61. The molecular formula is C14H21O. The molecule has 1 nitrogen and oxygen atoms in total. The predicted octanol–water partition coefficient (Wildman–Crippen LogP) is 3.99. The topological polar surface area (TPSA) is 9.23 Å². The van der Waals surface area contributed by atoms with E-state index in [1.165, 1.54) is 31.2 Å². The van der Waals surface area contributed by atoms with Crippen molar-refractivity contribution >= 4 is 0 Å². The molecule has 83 valence electrons. The Bertz CT molecular complexity index is 230. The lowest BCUT2D eigenvalue weighted by Crippen LogP contribution is -1.95. The van der Waals surface area contributed by atoms with E-state index in [0.29, 0.717) is 0 Å². The Morgan fingerprint density at radius 2 is 1.93 bits per heavy atom. The maximum Gasteiger partial charge on any atom is 0.0716 e. The van der Waals surface area contributed by atoms with E-state index in [9.17, 15) is 0 Å². The smallest absolute Gasteiger partial charge is 0.0716 e. The minimum Gasteiger partial charge on any atom is -0.377 e. The largest absolute Gasteiger partial charge is 0.377 e. The highest BCUT2D eigenvalue weighted by atomic mass is 16.5. The summed E-state index contributed by atoms with van der Waals surface area (Å²) in [7, 11) is 0. The van der Waals surface area contributed by atoms with Gasteiger partial charge < -0.3 is 4.74 Å². The monoisotopic (exact) mass is 205 g/mol. The highest BCUT2D eigenvalue weighted by Crippen LogP contribution is 2.04. The summed E-state index contributed by atoms with van der Waals surface area (Å²) in [6, 6.07) is 10.3. The maximum atomic E-state index is 5.59. The van der Waals surface area contributed by atoms with Crippen molar-refractivity contribution in [1.82, 2.24) is 0 Å². The number of hydrogen-bond donors (Lipinski definition) is 0. The number of ether oxygens (including phenoxy) is 1. The molecule has 0 heterocycles. The van der Waals surface area contributed by atoms with Gasteiger partial charge in [0, 0.05) is 6.61 Å². The molecule has 1 aromatic rings. The summed E-state index contributed by atoms with van der Waals surface area (Å²) in [4.78, 5) is 0. The molecule has 1 heteroatoms. The van der Waals surface area contributed by atoms with Crippen molar-refractivity contribution in [3.63, 3.8) is 0 Å². The molecule has 0 amide bonds. The molecule has 0 spiro atoms. The molecule has 0 bridgehead atoms. The molecule has 0 saturated carbocycles. The van der Waals surface area contributed by atoms with Crippen LogP contribution >= 0.6 is 0 Å². The lowest BCUT2D eigenvalue weighted by molar-refractivity contribution is 0.117. The first-order chi connectivity index (χ1) is 7.43. The zero-order valence-corrected chi connectivity index (χ0v) is 9.61. The van der Waals surface area contributed by atoms with Crippen LogP contribution in [0.2, 0.25) is 0 Å². The molecule has 0 aromatic heterocycles. The van der Waals surface area contributed by atoms with E-state index in [1.807, 2.05) is 6.07 Å². The highest BCUT2D eigenvalue weighted by molar-refractivity contribution is 5.13. The third-order valence-electron chi connectivity index (χ3n) is 2.35. The fraction of sp³-hybridized carbons (Fsp3) is 0.500. The fourth-order valence-electron chi connectivity index (χ4n) is 1.46. The van der Waals surface area contributed by atoms with E-state index in [4.69, 9.17) is 4.74 Å². The van der Waals surface area contributed by atoms with E-state index >= 15 is 0 Å². The van der Waals surface area contributed by atoms with Gasteiger partial charge in [0.05, 0.1) is 6.61 Å². The summed E-state index contributed by atoms with van der Waals surface area (Å²) in [6.45, 7) is 3.82. The second-order valence-electron chi connectivity index (χ2n) is 3.73. The SMILES string of the molecule is CC[CH]CCCCOCc1ccccc1. The second-order valence-corrected chi connectivity index (χ2v) is 3.73. The molecule has 0 saturated heterocycles.